The molecular formula is C22H37IN4O3. The Hall–Kier alpha value is -1.10. The van der Waals surface area contributed by atoms with Crippen molar-refractivity contribution in [2.45, 2.75) is 25.8 Å². The summed E-state index contributed by atoms with van der Waals surface area (Å²) in [5.74, 6) is 1.49. The topological polar surface area (TPSA) is 67.4 Å². The number of hydrogen-bond acceptors (Lipinski definition) is 5. The Kier molecular flexibility index (Phi) is 12.4. The Morgan fingerprint density at radius 3 is 2.60 bits per heavy atom. The van der Waals surface area contributed by atoms with Gasteiger partial charge in [0.25, 0.3) is 0 Å². The minimum Gasteiger partial charge on any atom is -0.381 e. The summed E-state index contributed by atoms with van der Waals surface area (Å²) in [4.78, 5) is 6.74. The Morgan fingerprint density at radius 1 is 1.10 bits per heavy atom. The van der Waals surface area contributed by atoms with Crippen molar-refractivity contribution in [3.8, 4) is 0 Å². The molecule has 0 aliphatic carbocycles. The zero-order valence-electron chi connectivity index (χ0n) is 18.1. The quantitative estimate of drug-likeness (QED) is 0.221. The summed E-state index contributed by atoms with van der Waals surface area (Å²) in [7, 11) is 1.81. The van der Waals surface area contributed by atoms with Crippen molar-refractivity contribution >= 4 is 35.6 Å². The van der Waals surface area contributed by atoms with Crippen molar-refractivity contribution in [3.63, 3.8) is 0 Å². The molecule has 0 aromatic heterocycles. The second-order valence-corrected chi connectivity index (χ2v) is 7.56. The highest BCUT2D eigenvalue weighted by Crippen LogP contribution is 2.21. The van der Waals surface area contributed by atoms with Crippen molar-refractivity contribution in [2.75, 3.05) is 71.2 Å². The lowest BCUT2D eigenvalue weighted by Gasteiger charge is -2.30. The average Bonchev–Trinajstić information content (AvgIpc) is 2.79. The number of para-hydroxylation sites is 1. The van der Waals surface area contributed by atoms with E-state index < -0.39 is 0 Å². The zero-order chi connectivity index (χ0) is 20.2. The second-order valence-electron chi connectivity index (χ2n) is 7.56. The molecule has 3 rings (SSSR count). The minimum atomic E-state index is 0. The highest BCUT2D eigenvalue weighted by atomic mass is 127. The van der Waals surface area contributed by atoms with Crippen LogP contribution in [0.25, 0.3) is 0 Å². The lowest BCUT2D eigenvalue weighted by Crippen LogP contribution is -2.39. The molecule has 2 saturated heterocycles. The summed E-state index contributed by atoms with van der Waals surface area (Å²) in [5.41, 5.74) is 2.55. The van der Waals surface area contributed by atoms with E-state index in [0.717, 1.165) is 91.0 Å². The van der Waals surface area contributed by atoms with Crippen LogP contribution in [0.15, 0.2) is 29.3 Å². The first-order valence-electron chi connectivity index (χ1n) is 10.9. The van der Waals surface area contributed by atoms with Crippen molar-refractivity contribution in [1.82, 2.24) is 10.6 Å². The maximum absolute atomic E-state index is 5.83. The number of anilines is 1. The van der Waals surface area contributed by atoms with Crippen LogP contribution in [0.3, 0.4) is 0 Å². The predicted octanol–water partition coefficient (Wildman–Crippen LogP) is 2.64. The van der Waals surface area contributed by atoms with Gasteiger partial charge in [0.15, 0.2) is 5.96 Å². The molecule has 0 atom stereocenters. The van der Waals surface area contributed by atoms with Gasteiger partial charge in [-0.05, 0) is 36.8 Å². The molecule has 7 nitrogen and oxygen atoms in total. The number of halogens is 1. The molecule has 0 saturated carbocycles. The SMILES string of the molecule is CN=C(NCCCOCC1CCOCC1)NCc1ccccc1N1CCOCC1.I. The number of nitrogens with zero attached hydrogens (tertiary/aromatic N) is 2. The molecule has 2 aliphatic rings. The fourth-order valence-corrected chi connectivity index (χ4v) is 3.72. The Balaban J connectivity index is 0.00000320. The summed E-state index contributed by atoms with van der Waals surface area (Å²) in [6.07, 6.45) is 3.22. The number of ether oxygens (including phenoxy) is 3. The van der Waals surface area contributed by atoms with Crippen LogP contribution in [0.5, 0.6) is 0 Å². The van der Waals surface area contributed by atoms with Crippen molar-refractivity contribution in [2.24, 2.45) is 10.9 Å². The first-order valence-corrected chi connectivity index (χ1v) is 10.9. The normalized spacial score (nSPS) is 18.0. The van der Waals surface area contributed by atoms with Crippen molar-refractivity contribution in [3.05, 3.63) is 29.8 Å². The molecule has 1 aromatic carbocycles. The third-order valence-corrected chi connectivity index (χ3v) is 5.47. The molecule has 0 bridgehead atoms. The first-order chi connectivity index (χ1) is 14.4. The van der Waals surface area contributed by atoms with Gasteiger partial charge in [-0.2, -0.15) is 0 Å². The summed E-state index contributed by atoms with van der Waals surface area (Å²) in [6, 6.07) is 8.55. The first kappa shape index (κ1) is 25.2. The predicted molar refractivity (Wildman–Crippen MR) is 132 cm³/mol. The van der Waals surface area contributed by atoms with E-state index in [-0.39, 0.29) is 24.0 Å². The standard InChI is InChI=1S/C22H36N4O3.HI/c1-23-22(24-9-4-12-29-18-19-7-13-27-14-8-19)25-17-20-5-2-3-6-21(20)26-10-15-28-16-11-26;/h2-3,5-6,19H,4,7-18H2,1H3,(H2,23,24,25);1H. The van der Waals surface area contributed by atoms with Gasteiger partial charge in [-0.3, -0.25) is 4.99 Å². The highest BCUT2D eigenvalue weighted by Gasteiger charge is 2.15. The van der Waals surface area contributed by atoms with Crippen LogP contribution in [0, 0.1) is 5.92 Å². The van der Waals surface area contributed by atoms with E-state index in [4.69, 9.17) is 14.2 Å². The zero-order valence-corrected chi connectivity index (χ0v) is 20.4. The Bertz CT molecular complexity index is 620. The monoisotopic (exact) mass is 532 g/mol. The molecule has 0 unspecified atom stereocenters. The van der Waals surface area contributed by atoms with Gasteiger partial charge in [0.05, 0.1) is 13.2 Å². The van der Waals surface area contributed by atoms with E-state index >= 15 is 0 Å². The van der Waals surface area contributed by atoms with Crippen molar-refractivity contribution in [1.29, 1.82) is 0 Å². The van der Waals surface area contributed by atoms with E-state index in [2.05, 4.69) is 44.8 Å². The fourth-order valence-electron chi connectivity index (χ4n) is 3.72. The molecule has 2 heterocycles. The molecule has 2 N–H and O–H groups in total. The second kappa shape index (κ2) is 14.8. The average molecular weight is 532 g/mol. The van der Waals surface area contributed by atoms with Gasteiger partial charge in [-0.25, -0.2) is 0 Å². The molecule has 8 heteroatoms. The number of rotatable bonds is 9. The smallest absolute Gasteiger partial charge is 0.191 e. The van der Waals surface area contributed by atoms with Gasteiger partial charge >= 0.3 is 0 Å². The van der Waals surface area contributed by atoms with Crippen LogP contribution in [0.1, 0.15) is 24.8 Å². The number of hydrogen-bond donors (Lipinski definition) is 2. The Labute approximate surface area is 197 Å². The minimum absolute atomic E-state index is 0. The van der Waals surface area contributed by atoms with Gasteiger partial charge in [-0.1, -0.05) is 18.2 Å². The van der Waals surface area contributed by atoms with E-state index in [1.54, 1.807) is 0 Å². The maximum Gasteiger partial charge on any atom is 0.191 e. The molecule has 2 aliphatic heterocycles. The van der Waals surface area contributed by atoms with Crippen LogP contribution in [0.4, 0.5) is 5.69 Å². The number of morpholine rings is 1. The lowest BCUT2D eigenvalue weighted by molar-refractivity contribution is 0.0203. The van der Waals surface area contributed by atoms with Crippen LogP contribution < -0.4 is 15.5 Å². The van der Waals surface area contributed by atoms with Crippen LogP contribution in [0.2, 0.25) is 0 Å². The molecule has 170 valence electrons. The third-order valence-electron chi connectivity index (χ3n) is 5.47. The number of guanidine groups is 1. The molecule has 30 heavy (non-hydrogen) atoms. The number of benzene rings is 1. The van der Waals surface area contributed by atoms with Gasteiger partial charge in [0.1, 0.15) is 0 Å². The van der Waals surface area contributed by atoms with Crippen LogP contribution in [-0.2, 0) is 20.8 Å². The summed E-state index contributed by atoms with van der Waals surface area (Å²) < 4.78 is 16.7. The maximum atomic E-state index is 5.83. The third kappa shape index (κ3) is 8.56. The van der Waals surface area contributed by atoms with E-state index in [9.17, 15) is 0 Å². The number of nitrogens with one attached hydrogen (secondary N) is 2. The summed E-state index contributed by atoms with van der Waals surface area (Å²) in [6.45, 7) is 8.46. The van der Waals surface area contributed by atoms with E-state index in [0.29, 0.717) is 5.92 Å². The summed E-state index contributed by atoms with van der Waals surface area (Å²) >= 11 is 0. The van der Waals surface area contributed by atoms with Crippen LogP contribution in [-0.4, -0.2) is 72.3 Å². The van der Waals surface area contributed by atoms with Gasteiger partial charge in [-0.15, -0.1) is 24.0 Å². The lowest BCUT2D eigenvalue weighted by atomic mass is 10.0. The van der Waals surface area contributed by atoms with Gasteiger partial charge < -0.3 is 29.7 Å². The molecule has 0 spiro atoms. The largest absolute Gasteiger partial charge is 0.381 e. The van der Waals surface area contributed by atoms with E-state index in [1.165, 1.54) is 11.3 Å². The molecule has 0 amide bonds. The molecular weight excluding hydrogens is 495 g/mol. The highest BCUT2D eigenvalue weighted by molar-refractivity contribution is 14.0. The Morgan fingerprint density at radius 2 is 1.83 bits per heavy atom. The molecule has 1 aromatic rings. The van der Waals surface area contributed by atoms with Gasteiger partial charge in [0, 0.05) is 65.3 Å². The molecule has 2 fully saturated rings. The van der Waals surface area contributed by atoms with Crippen molar-refractivity contribution < 1.29 is 14.2 Å². The number of aliphatic imine (C=N–C) groups is 1. The molecule has 0 radical (unpaired) electrons. The van der Waals surface area contributed by atoms with E-state index in [1.807, 2.05) is 7.05 Å². The fraction of sp³-hybridized carbons (Fsp3) is 0.682. The van der Waals surface area contributed by atoms with Gasteiger partial charge in [0.2, 0.25) is 0 Å². The van der Waals surface area contributed by atoms with Crippen LogP contribution >= 0.6 is 24.0 Å². The summed E-state index contributed by atoms with van der Waals surface area (Å²) in [5, 5.41) is 6.82.